The third-order valence-electron chi connectivity index (χ3n) is 2.52. The molecule has 0 spiro atoms. The second-order valence-corrected chi connectivity index (χ2v) is 6.68. The first-order valence-corrected chi connectivity index (χ1v) is 7.59. The molecule has 0 aliphatic carbocycles. The predicted octanol–water partition coefficient (Wildman–Crippen LogP) is 4.90. The molecule has 2 rings (SSSR count). The highest BCUT2D eigenvalue weighted by molar-refractivity contribution is 9.11. The van der Waals surface area contributed by atoms with Gasteiger partial charge in [0.05, 0.1) is 15.4 Å². The smallest absolute Gasteiger partial charge is 0.309 e. The average Bonchev–Trinajstić information content (AvgIpc) is 2.88. The van der Waals surface area contributed by atoms with Gasteiger partial charge in [-0.3, -0.25) is 0 Å². The second kappa shape index (κ2) is 5.32. The van der Waals surface area contributed by atoms with Gasteiger partial charge in [-0.05, 0) is 50.9 Å². The lowest BCUT2D eigenvalue weighted by atomic mass is 10.0. The van der Waals surface area contributed by atoms with Crippen LogP contribution in [-0.2, 0) is 6.18 Å². The maximum absolute atomic E-state index is 12.9. The zero-order valence-electron chi connectivity index (χ0n) is 9.22. The number of thiophene rings is 2. The Bertz CT molecular complexity index is 532. The van der Waals surface area contributed by atoms with Crippen molar-refractivity contribution in [1.29, 1.82) is 0 Å². The van der Waals surface area contributed by atoms with Crippen LogP contribution < -0.4 is 5.32 Å². The fourth-order valence-corrected chi connectivity index (χ4v) is 3.82. The minimum atomic E-state index is -4.31. The summed E-state index contributed by atoms with van der Waals surface area (Å²) in [5.41, 5.74) is 0.549. The van der Waals surface area contributed by atoms with Gasteiger partial charge in [0, 0.05) is 5.38 Å². The predicted molar refractivity (Wildman–Crippen MR) is 72.2 cm³/mol. The minimum Gasteiger partial charge on any atom is -0.309 e. The van der Waals surface area contributed by atoms with Crippen LogP contribution in [0.4, 0.5) is 13.2 Å². The van der Waals surface area contributed by atoms with Crippen LogP contribution in [-0.4, -0.2) is 7.05 Å². The van der Waals surface area contributed by atoms with Gasteiger partial charge >= 0.3 is 6.18 Å². The molecule has 98 valence electrons. The number of rotatable bonds is 3. The van der Waals surface area contributed by atoms with E-state index in [4.69, 9.17) is 0 Å². The van der Waals surface area contributed by atoms with Crippen LogP contribution in [0.1, 0.15) is 22.7 Å². The lowest BCUT2D eigenvalue weighted by Crippen LogP contribution is -2.20. The van der Waals surface area contributed by atoms with Crippen molar-refractivity contribution in [3.05, 3.63) is 42.7 Å². The maximum Gasteiger partial charge on any atom is 0.417 e. The molecule has 2 aromatic rings. The monoisotopic (exact) mass is 355 g/mol. The van der Waals surface area contributed by atoms with Crippen molar-refractivity contribution in [3.63, 3.8) is 0 Å². The van der Waals surface area contributed by atoms with Gasteiger partial charge in [-0.2, -0.15) is 24.5 Å². The van der Waals surface area contributed by atoms with Crippen LogP contribution in [0.25, 0.3) is 0 Å². The van der Waals surface area contributed by atoms with Crippen LogP contribution in [0.5, 0.6) is 0 Å². The summed E-state index contributed by atoms with van der Waals surface area (Å²) < 4.78 is 39.5. The van der Waals surface area contributed by atoms with Crippen LogP contribution >= 0.6 is 38.6 Å². The third-order valence-corrected chi connectivity index (χ3v) is 4.80. The van der Waals surface area contributed by atoms with Crippen molar-refractivity contribution >= 4 is 38.6 Å². The van der Waals surface area contributed by atoms with Crippen molar-refractivity contribution in [2.75, 3.05) is 7.05 Å². The van der Waals surface area contributed by atoms with Crippen LogP contribution in [0.15, 0.2) is 26.0 Å². The Labute approximate surface area is 119 Å². The first-order valence-electron chi connectivity index (χ1n) is 4.98. The summed E-state index contributed by atoms with van der Waals surface area (Å²) in [6.07, 6.45) is -4.31. The number of hydrogen-bond acceptors (Lipinski definition) is 3. The molecule has 0 bridgehead atoms. The molecule has 0 saturated heterocycles. The SMILES string of the molecule is CNC(c1csc(Br)c1)c1cscc1C(F)(F)F. The molecule has 0 amide bonds. The van der Waals surface area contributed by atoms with Crippen LogP contribution in [0.3, 0.4) is 0 Å². The zero-order chi connectivity index (χ0) is 13.3. The Hall–Kier alpha value is -0.370. The maximum atomic E-state index is 12.9. The molecule has 18 heavy (non-hydrogen) atoms. The van der Waals surface area contributed by atoms with E-state index < -0.39 is 17.8 Å². The highest BCUT2D eigenvalue weighted by Crippen LogP contribution is 2.39. The van der Waals surface area contributed by atoms with E-state index in [1.54, 1.807) is 12.4 Å². The second-order valence-electron chi connectivity index (χ2n) is 3.64. The van der Waals surface area contributed by atoms with Gasteiger partial charge < -0.3 is 5.32 Å². The molecule has 1 N–H and O–H groups in total. The van der Waals surface area contributed by atoms with Crippen molar-refractivity contribution in [2.45, 2.75) is 12.2 Å². The van der Waals surface area contributed by atoms with Gasteiger partial charge in [0.15, 0.2) is 0 Å². The fraction of sp³-hybridized carbons (Fsp3) is 0.273. The Balaban J connectivity index is 2.43. The summed E-state index contributed by atoms with van der Waals surface area (Å²) in [5.74, 6) is 0. The molecule has 0 radical (unpaired) electrons. The molecular formula is C11H9BrF3NS2. The van der Waals surface area contributed by atoms with Gasteiger partial charge in [0.2, 0.25) is 0 Å². The summed E-state index contributed by atoms with van der Waals surface area (Å²) in [5, 5.41) is 7.49. The van der Waals surface area contributed by atoms with Gasteiger partial charge in [-0.15, -0.1) is 11.3 Å². The van der Waals surface area contributed by atoms with Crippen LogP contribution in [0, 0.1) is 0 Å². The first kappa shape index (κ1) is 14.0. The summed E-state index contributed by atoms with van der Waals surface area (Å²) in [7, 11) is 1.66. The standard InChI is InChI=1S/C11H9BrF3NS2/c1-16-10(6-2-9(12)18-3-6)7-4-17-5-8(7)11(13,14)15/h2-5,10,16H,1H3. The van der Waals surface area contributed by atoms with Crippen LogP contribution in [0.2, 0.25) is 0 Å². The van der Waals surface area contributed by atoms with E-state index in [2.05, 4.69) is 21.2 Å². The minimum absolute atomic E-state index is 0.278. The van der Waals surface area contributed by atoms with E-state index in [0.717, 1.165) is 26.1 Å². The molecule has 0 saturated carbocycles. The first-order chi connectivity index (χ1) is 8.43. The highest BCUT2D eigenvalue weighted by Gasteiger charge is 2.36. The molecule has 7 heteroatoms. The largest absolute Gasteiger partial charge is 0.417 e. The molecule has 1 unspecified atom stereocenters. The molecule has 0 fully saturated rings. The van der Waals surface area contributed by atoms with E-state index in [9.17, 15) is 13.2 Å². The van der Waals surface area contributed by atoms with Crippen molar-refractivity contribution in [1.82, 2.24) is 5.32 Å². The van der Waals surface area contributed by atoms with Gasteiger partial charge in [0.1, 0.15) is 0 Å². The van der Waals surface area contributed by atoms with Crippen molar-refractivity contribution in [3.8, 4) is 0 Å². The summed E-state index contributed by atoms with van der Waals surface area (Å²) >= 11 is 5.85. The third kappa shape index (κ3) is 2.79. The van der Waals surface area contributed by atoms with E-state index in [0.29, 0.717) is 0 Å². The Kier molecular flexibility index (Phi) is 4.15. The van der Waals surface area contributed by atoms with Gasteiger partial charge in [0.25, 0.3) is 0 Å². The Morgan fingerprint density at radius 1 is 1.28 bits per heavy atom. The Morgan fingerprint density at radius 2 is 2.00 bits per heavy atom. The molecule has 2 heterocycles. The normalized spacial score (nSPS) is 13.8. The number of nitrogens with one attached hydrogen (secondary N) is 1. The number of halogens is 4. The zero-order valence-corrected chi connectivity index (χ0v) is 12.4. The summed E-state index contributed by atoms with van der Waals surface area (Å²) in [6.45, 7) is 0. The van der Waals surface area contributed by atoms with E-state index in [1.165, 1.54) is 11.3 Å². The summed E-state index contributed by atoms with van der Waals surface area (Å²) in [4.78, 5) is 0. The van der Waals surface area contributed by atoms with E-state index in [1.807, 2.05) is 11.4 Å². The molecule has 2 aromatic heterocycles. The molecular weight excluding hydrogens is 347 g/mol. The number of alkyl halides is 3. The molecule has 1 nitrogen and oxygen atoms in total. The highest BCUT2D eigenvalue weighted by atomic mass is 79.9. The lowest BCUT2D eigenvalue weighted by molar-refractivity contribution is -0.138. The Morgan fingerprint density at radius 3 is 2.50 bits per heavy atom. The quantitative estimate of drug-likeness (QED) is 0.825. The number of hydrogen-bond donors (Lipinski definition) is 1. The van der Waals surface area contributed by atoms with Crippen molar-refractivity contribution in [2.24, 2.45) is 0 Å². The topological polar surface area (TPSA) is 12.0 Å². The van der Waals surface area contributed by atoms with E-state index >= 15 is 0 Å². The average molecular weight is 356 g/mol. The molecule has 0 aliphatic rings. The lowest BCUT2D eigenvalue weighted by Gasteiger charge is -2.17. The van der Waals surface area contributed by atoms with E-state index in [-0.39, 0.29) is 5.56 Å². The summed E-state index contributed by atoms with van der Waals surface area (Å²) in [6, 6.07) is 1.40. The van der Waals surface area contributed by atoms with Gasteiger partial charge in [-0.1, -0.05) is 0 Å². The fourth-order valence-electron chi connectivity index (χ4n) is 1.74. The van der Waals surface area contributed by atoms with Crippen molar-refractivity contribution < 1.29 is 13.2 Å². The van der Waals surface area contributed by atoms with Gasteiger partial charge in [-0.25, -0.2) is 0 Å². The molecule has 0 aliphatic heterocycles. The molecule has 0 aromatic carbocycles. The molecule has 1 atom stereocenters.